The number of aromatic hydroxyl groups is 1. The third-order valence-corrected chi connectivity index (χ3v) is 7.75. The van der Waals surface area contributed by atoms with Gasteiger partial charge in [-0.25, -0.2) is 19.6 Å². The molecule has 0 aliphatic heterocycles. The van der Waals surface area contributed by atoms with Crippen molar-refractivity contribution >= 4 is 38.0 Å². The van der Waals surface area contributed by atoms with Crippen molar-refractivity contribution in [2.45, 2.75) is 52.6 Å². The van der Waals surface area contributed by atoms with Gasteiger partial charge < -0.3 is 9.84 Å². The highest BCUT2D eigenvalue weighted by Gasteiger charge is 2.14. The summed E-state index contributed by atoms with van der Waals surface area (Å²) in [6.07, 6.45) is 12.7. The second-order valence-corrected chi connectivity index (χ2v) is 11.8. The molecule has 256 valence electrons. The zero-order valence-electron chi connectivity index (χ0n) is 27.6. The highest BCUT2D eigenvalue weighted by Crippen LogP contribution is 2.21. The fraction of sp³-hybridized carbons (Fsp3) is 0.294. The van der Waals surface area contributed by atoms with Crippen molar-refractivity contribution in [3.05, 3.63) is 120 Å². The predicted octanol–water partition coefficient (Wildman–Crippen LogP) is 4.53. The quantitative estimate of drug-likeness (QED) is 0.235. The van der Waals surface area contributed by atoms with Crippen LogP contribution in [0, 0.1) is 0 Å². The lowest BCUT2D eigenvalue weighted by molar-refractivity contribution is 0.473. The van der Waals surface area contributed by atoms with Gasteiger partial charge in [0.1, 0.15) is 28.5 Å². The minimum absolute atomic E-state index is 0.0831. The van der Waals surface area contributed by atoms with Crippen LogP contribution in [0.15, 0.2) is 97.2 Å². The number of hydrogen-bond donors (Lipinski definition) is 1. The summed E-state index contributed by atoms with van der Waals surface area (Å²) < 4.78 is 11.8. The second-order valence-electron chi connectivity index (χ2n) is 10.9. The van der Waals surface area contributed by atoms with Gasteiger partial charge >= 0.3 is 11.4 Å². The smallest absolute Gasteiger partial charge is 0.332 e. The van der Waals surface area contributed by atoms with Gasteiger partial charge in [0.2, 0.25) is 0 Å². The SMILES string of the molecule is Brc1cccnc1.CCCCn1c(=O)c2cc(O)cnc2n(C)c1=O.CCCCn1c(=O)c2cc(Oc3cccnc3)cnc2n(C)c1=O. The molecule has 0 saturated heterocycles. The first kappa shape index (κ1) is 36.4. The molecule has 0 aromatic carbocycles. The summed E-state index contributed by atoms with van der Waals surface area (Å²) in [5.41, 5.74) is -0.837. The van der Waals surface area contributed by atoms with E-state index in [0.29, 0.717) is 35.6 Å². The first-order valence-corrected chi connectivity index (χ1v) is 16.4. The number of aromatic nitrogens is 8. The Labute approximate surface area is 289 Å². The van der Waals surface area contributed by atoms with Gasteiger partial charge in [0.25, 0.3) is 11.1 Å². The molecule has 0 fully saturated rings. The fourth-order valence-corrected chi connectivity index (χ4v) is 4.98. The van der Waals surface area contributed by atoms with Crippen LogP contribution in [0.5, 0.6) is 17.2 Å². The summed E-state index contributed by atoms with van der Waals surface area (Å²) in [6, 6.07) is 10.3. The maximum Gasteiger partial charge on any atom is 0.332 e. The number of ether oxygens (including phenoxy) is 1. The van der Waals surface area contributed by atoms with E-state index in [2.05, 4.69) is 35.9 Å². The van der Waals surface area contributed by atoms with Gasteiger partial charge in [0.05, 0.1) is 29.4 Å². The fourth-order valence-electron chi connectivity index (χ4n) is 4.71. The Bertz CT molecular complexity index is 2270. The first-order chi connectivity index (χ1) is 23.6. The number of rotatable bonds is 8. The van der Waals surface area contributed by atoms with Crippen LogP contribution in [0.4, 0.5) is 0 Å². The van der Waals surface area contributed by atoms with Gasteiger partial charge in [-0.3, -0.25) is 37.8 Å². The van der Waals surface area contributed by atoms with E-state index in [9.17, 15) is 24.3 Å². The normalized spacial score (nSPS) is 10.6. The predicted molar refractivity (Wildman–Crippen MR) is 190 cm³/mol. The van der Waals surface area contributed by atoms with Crippen molar-refractivity contribution in [1.29, 1.82) is 0 Å². The highest BCUT2D eigenvalue weighted by molar-refractivity contribution is 9.10. The number of pyridine rings is 4. The summed E-state index contributed by atoms with van der Waals surface area (Å²) in [5.74, 6) is 0.892. The van der Waals surface area contributed by atoms with Crippen LogP contribution in [-0.2, 0) is 27.2 Å². The summed E-state index contributed by atoms with van der Waals surface area (Å²) in [6.45, 7) is 4.78. The van der Waals surface area contributed by atoms with Crippen LogP contribution in [-0.4, -0.2) is 43.3 Å². The maximum absolute atomic E-state index is 12.7. The number of halogens is 1. The molecule has 6 heterocycles. The first-order valence-electron chi connectivity index (χ1n) is 15.6. The Hall–Kier alpha value is -5.44. The van der Waals surface area contributed by atoms with Crippen LogP contribution in [0.25, 0.3) is 22.1 Å². The Morgan fingerprint density at radius 3 is 1.71 bits per heavy atom. The number of aryl methyl sites for hydroxylation is 2. The minimum atomic E-state index is -0.398. The van der Waals surface area contributed by atoms with Gasteiger partial charge in [-0.1, -0.05) is 26.7 Å². The second kappa shape index (κ2) is 17.1. The standard InChI is InChI=1S/C17H18N4O3.C12H15N3O3.C5H4BrN/c1-3-4-8-21-16(22)14-9-13(24-12-6-5-7-18-10-12)11-19-15(14)20(2)17(21)23;1-3-4-5-15-11(17)9-6-8(16)7-13-10(9)14(2)12(15)18;6-5-2-1-3-7-4-5/h5-7,9-11H,3-4,8H2,1-2H3;6-7,16H,3-5H2,1-2H3;1-4H. The van der Waals surface area contributed by atoms with E-state index in [1.807, 2.05) is 26.0 Å². The molecule has 6 rings (SSSR count). The lowest BCUT2D eigenvalue weighted by Crippen LogP contribution is -2.39. The molecule has 0 aliphatic rings. The maximum atomic E-state index is 12.7. The van der Waals surface area contributed by atoms with Crippen LogP contribution in [0.1, 0.15) is 39.5 Å². The Morgan fingerprint density at radius 2 is 1.24 bits per heavy atom. The van der Waals surface area contributed by atoms with E-state index in [1.165, 1.54) is 36.7 Å². The summed E-state index contributed by atoms with van der Waals surface area (Å²) in [4.78, 5) is 65.1. The molecule has 6 aromatic heterocycles. The van der Waals surface area contributed by atoms with E-state index in [1.54, 1.807) is 57.1 Å². The van der Waals surface area contributed by atoms with Gasteiger partial charge in [-0.05, 0) is 65.2 Å². The van der Waals surface area contributed by atoms with Crippen molar-refractivity contribution in [2.24, 2.45) is 14.1 Å². The van der Waals surface area contributed by atoms with E-state index in [-0.39, 0.29) is 33.7 Å². The zero-order valence-corrected chi connectivity index (χ0v) is 29.2. The van der Waals surface area contributed by atoms with Crippen LogP contribution >= 0.6 is 15.9 Å². The number of fused-ring (bicyclic) bond motifs is 2. The summed E-state index contributed by atoms with van der Waals surface area (Å²) in [5, 5.41) is 10.00. The van der Waals surface area contributed by atoms with Gasteiger partial charge in [-0.2, -0.15) is 0 Å². The van der Waals surface area contributed by atoms with Crippen molar-refractivity contribution in [3.63, 3.8) is 0 Å². The molecular weight excluding hydrogens is 696 g/mol. The third-order valence-electron chi connectivity index (χ3n) is 7.28. The highest BCUT2D eigenvalue weighted by atomic mass is 79.9. The molecule has 0 bridgehead atoms. The number of hydrogen-bond acceptors (Lipinski definition) is 10. The zero-order chi connectivity index (χ0) is 35.5. The van der Waals surface area contributed by atoms with Crippen LogP contribution < -0.4 is 27.2 Å². The molecule has 0 atom stereocenters. The minimum Gasteiger partial charge on any atom is -0.506 e. The summed E-state index contributed by atoms with van der Waals surface area (Å²) in [7, 11) is 3.18. The largest absolute Gasteiger partial charge is 0.506 e. The van der Waals surface area contributed by atoms with Crippen molar-refractivity contribution in [2.75, 3.05) is 0 Å². The summed E-state index contributed by atoms with van der Waals surface area (Å²) >= 11 is 3.25. The topological polar surface area (TPSA) is 169 Å². The van der Waals surface area contributed by atoms with E-state index in [0.717, 1.165) is 30.2 Å². The number of nitrogens with zero attached hydrogens (tertiary/aromatic N) is 8. The monoisotopic (exact) mass is 732 g/mol. The molecule has 6 aromatic rings. The molecule has 0 unspecified atom stereocenters. The van der Waals surface area contributed by atoms with Crippen molar-refractivity contribution in [3.8, 4) is 17.2 Å². The molecular formula is C34H37BrN8O6. The average Bonchev–Trinajstić information content (AvgIpc) is 3.11. The molecule has 49 heavy (non-hydrogen) atoms. The van der Waals surface area contributed by atoms with E-state index >= 15 is 0 Å². The van der Waals surface area contributed by atoms with Crippen LogP contribution in [0.2, 0.25) is 0 Å². The number of unbranched alkanes of at least 4 members (excludes halogenated alkanes) is 2. The Morgan fingerprint density at radius 1 is 0.714 bits per heavy atom. The molecule has 0 amide bonds. The molecule has 1 N–H and O–H groups in total. The molecule has 0 spiro atoms. The Kier molecular flexibility index (Phi) is 12.7. The van der Waals surface area contributed by atoms with E-state index < -0.39 is 5.56 Å². The van der Waals surface area contributed by atoms with E-state index in [4.69, 9.17) is 4.74 Å². The molecule has 15 heteroatoms. The average molecular weight is 734 g/mol. The third kappa shape index (κ3) is 8.93. The molecule has 0 radical (unpaired) electrons. The van der Waals surface area contributed by atoms with Crippen LogP contribution in [0.3, 0.4) is 0 Å². The lowest BCUT2D eigenvalue weighted by atomic mass is 10.3. The van der Waals surface area contributed by atoms with Gasteiger partial charge in [-0.15, -0.1) is 0 Å². The molecule has 14 nitrogen and oxygen atoms in total. The van der Waals surface area contributed by atoms with Crippen molar-refractivity contribution < 1.29 is 9.84 Å². The van der Waals surface area contributed by atoms with Gasteiger partial charge in [0, 0.05) is 50.2 Å². The van der Waals surface area contributed by atoms with Gasteiger partial charge in [0.15, 0.2) is 0 Å². The molecule has 0 saturated carbocycles. The van der Waals surface area contributed by atoms with Crippen molar-refractivity contribution in [1.82, 2.24) is 38.2 Å². The molecule has 0 aliphatic carbocycles. The lowest BCUT2D eigenvalue weighted by Gasteiger charge is -2.11. The Balaban J connectivity index is 0.000000189.